The lowest BCUT2D eigenvalue weighted by Gasteiger charge is -2.44. The Balaban J connectivity index is 2.23. The molecule has 104 valence electrons. The molecule has 1 aliphatic rings. The van der Waals surface area contributed by atoms with Crippen molar-refractivity contribution in [3.8, 4) is 6.07 Å². The first-order chi connectivity index (χ1) is 9.40. The second-order valence-corrected chi connectivity index (χ2v) is 5.10. The van der Waals surface area contributed by atoms with Crippen LogP contribution in [0.4, 0.5) is 0 Å². The number of carboxylic acid groups (broad SMARTS) is 1. The first-order valence-electron chi connectivity index (χ1n) is 6.14. The zero-order chi connectivity index (χ0) is 14.8. The summed E-state index contributed by atoms with van der Waals surface area (Å²) in [5.41, 5.74) is -1.44. The molecule has 1 aromatic carbocycles. The Morgan fingerprint density at radius 2 is 2.25 bits per heavy atom. The SMILES string of the molecule is C[C@](O)(/C=C/c1cccc(C(=O)O)c1)C1(C#N)COC1. The number of rotatable bonds is 4. The van der Waals surface area contributed by atoms with Gasteiger partial charge >= 0.3 is 5.97 Å². The molecular formula is C15H15NO4. The Hall–Kier alpha value is -2.16. The third-order valence-corrected chi connectivity index (χ3v) is 3.61. The van der Waals surface area contributed by atoms with Gasteiger partial charge in [0.15, 0.2) is 0 Å². The van der Waals surface area contributed by atoms with Gasteiger partial charge in [-0.05, 0) is 24.6 Å². The molecule has 1 fully saturated rings. The van der Waals surface area contributed by atoms with E-state index in [4.69, 9.17) is 9.84 Å². The number of hydrogen-bond donors (Lipinski definition) is 2. The minimum absolute atomic E-state index is 0.175. The summed E-state index contributed by atoms with van der Waals surface area (Å²) in [6, 6.07) is 8.46. The summed E-state index contributed by atoms with van der Waals surface area (Å²) in [6.07, 6.45) is 3.13. The Labute approximate surface area is 116 Å². The van der Waals surface area contributed by atoms with E-state index in [-0.39, 0.29) is 18.8 Å². The van der Waals surface area contributed by atoms with Crippen LogP contribution in [0.1, 0.15) is 22.8 Å². The molecule has 2 N–H and O–H groups in total. The smallest absolute Gasteiger partial charge is 0.335 e. The van der Waals surface area contributed by atoms with Gasteiger partial charge in [0.1, 0.15) is 11.0 Å². The van der Waals surface area contributed by atoms with Crippen molar-refractivity contribution in [2.45, 2.75) is 12.5 Å². The lowest BCUT2D eigenvalue weighted by atomic mass is 9.72. The highest BCUT2D eigenvalue weighted by Crippen LogP contribution is 2.39. The third kappa shape index (κ3) is 2.44. The average molecular weight is 273 g/mol. The number of nitriles is 1. The number of aliphatic hydroxyl groups is 1. The Morgan fingerprint density at radius 3 is 2.75 bits per heavy atom. The monoisotopic (exact) mass is 273 g/mol. The zero-order valence-electron chi connectivity index (χ0n) is 11.0. The first-order valence-corrected chi connectivity index (χ1v) is 6.14. The van der Waals surface area contributed by atoms with E-state index in [1.807, 2.05) is 0 Å². The third-order valence-electron chi connectivity index (χ3n) is 3.61. The fraction of sp³-hybridized carbons (Fsp3) is 0.333. The average Bonchev–Trinajstić information content (AvgIpc) is 2.36. The number of ether oxygens (including phenoxy) is 1. The summed E-state index contributed by atoms with van der Waals surface area (Å²) in [4.78, 5) is 10.9. The summed E-state index contributed by atoms with van der Waals surface area (Å²) < 4.78 is 5.02. The number of carboxylic acids is 1. The zero-order valence-corrected chi connectivity index (χ0v) is 11.0. The van der Waals surface area contributed by atoms with Crippen molar-refractivity contribution in [1.29, 1.82) is 5.26 Å². The molecule has 0 saturated carbocycles. The van der Waals surface area contributed by atoms with E-state index in [2.05, 4.69) is 6.07 Å². The van der Waals surface area contributed by atoms with Crippen molar-refractivity contribution in [3.63, 3.8) is 0 Å². The van der Waals surface area contributed by atoms with Crippen molar-refractivity contribution < 1.29 is 19.7 Å². The van der Waals surface area contributed by atoms with E-state index in [1.165, 1.54) is 18.2 Å². The van der Waals surface area contributed by atoms with Gasteiger partial charge in [0.2, 0.25) is 0 Å². The summed E-state index contributed by atoms with van der Waals surface area (Å²) in [5.74, 6) is -1.01. The predicted molar refractivity (Wildman–Crippen MR) is 71.9 cm³/mol. The van der Waals surface area contributed by atoms with Crippen LogP contribution in [-0.2, 0) is 4.74 Å². The Kier molecular flexibility index (Phi) is 3.62. The van der Waals surface area contributed by atoms with Crippen molar-refractivity contribution in [2.24, 2.45) is 5.41 Å². The molecule has 1 aliphatic heterocycles. The molecule has 0 amide bonds. The van der Waals surface area contributed by atoms with Gasteiger partial charge < -0.3 is 14.9 Å². The maximum absolute atomic E-state index is 10.9. The molecule has 0 aliphatic carbocycles. The molecule has 1 aromatic rings. The van der Waals surface area contributed by atoms with Gasteiger partial charge in [-0.15, -0.1) is 0 Å². The van der Waals surface area contributed by atoms with Gasteiger partial charge in [-0.1, -0.05) is 24.3 Å². The summed E-state index contributed by atoms with van der Waals surface area (Å²) >= 11 is 0. The second-order valence-electron chi connectivity index (χ2n) is 5.10. The standard InChI is InChI=1S/C15H15NO4/c1-14(19,15(8-16)9-20-10-15)6-5-11-3-2-4-12(7-11)13(17)18/h2-7,19H,9-10H2,1H3,(H,17,18)/b6-5+/t14-/m0/s1. The molecule has 1 saturated heterocycles. The lowest BCUT2D eigenvalue weighted by Crippen LogP contribution is -2.56. The van der Waals surface area contributed by atoms with Crippen molar-refractivity contribution in [2.75, 3.05) is 13.2 Å². The number of nitrogens with zero attached hydrogens (tertiary/aromatic N) is 1. The Morgan fingerprint density at radius 1 is 1.55 bits per heavy atom. The summed E-state index contributed by atoms with van der Waals surface area (Å²) in [6.45, 7) is 1.93. The van der Waals surface area contributed by atoms with Crippen LogP contribution < -0.4 is 0 Å². The van der Waals surface area contributed by atoms with Crippen molar-refractivity contribution in [1.82, 2.24) is 0 Å². The molecule has 2 rings (SSSR count). The largest absolute Gasteiger partial charge is 0.478 e. The minimum Gasteiger partial charge on any atom is -0.478 e. The van der Waals surface area contributed by atoms with Gasteiger partial charge in [0, 0.05) is 0 Å². The van der Waals surface area contributed by atoms with Crippen LogP contribution in [0, 0.1) is 16.7 Å². The van der Waals surface area contributed by atoms with Crippen LogP contribution in [0.2, 0.25) is 0 Å². The molecule has 20 heavy (non-hydrogen) atoms. The number of hydrogen-bond acceptors (Lipinski definition) is 4. The summed E-state index contributed by atoms with van der Waals surface area (Å²) in [5, 5.41) is 28.5. The van der Waals surface area contributed by atoms with Crippen LogP contribution in [0.25, 0.3) is 6.08 Å². The van der Waals surface area contributed by atoms with Gasteiger partial charge in [-0.25, -0.2) is 4.79 Å². The number of aromatic carboxylic acids is 1. The molecule has 0 aromatic heterocycles. The van der Waals surface area contributed by atoms with Gasteiger partial charge in [0.25, 0.3) is 0 Å². The first kappa shape index (κ1) is 14.3. The van der Waals surface area contributed by atoms with E-state index >= 15 is 0 Å². The molecule has 5 heteroatoms. The predicted octanol–water partition coefficient (Wildman–Crippen LogP) is 1.69. The number of benzene rings is 1. The molecular weight excluding hydrogens is 258 g/mol. The van der Waals surface area contributed by atoms with E-state index in [1.54, 1.807) is 25.1 Å². The van der Waals surface area contributed by atoms with Crippen molar-refractivity contribution >= 4 is 12.0 Å². The molecule has 1 atom stereocenters. The highest BCUT2D eigenvalue weighted by Gasteiger charge is 2.52. The topological polar surface area (TPSA) is 90.5 Å². The molecule has 0 unspecified atom stereocenters. The van der Waals surface area contributed by atoms with E-state index in [0.717, 1.165) is 0 Å². The fourth-order valence-corrected chi connectivity index (χ4v) is 1.97. The van der Waals surface area contributed by atoms with Crippen LogP contribution in [0.5, 0.6) is 0 Å². The highest BCUT2D eigenvalue weighted by atomic mass is 16.5. The fourth-order valence-electron chi connectivity index (χ4n) is 1.97. The van der Waals surface area contributed by atoms with Gasteiger partial charge in [-0.2, -0.15) is 5.26 Å². The quantitative estimate of drug-likeness (QED) is 0.871. The normalized spacial score (nSPS) is 19.9. The van der Waals surface area contributed by atoms with E-state index in [0.29, 0.717) is 5.56 Å². The number of carbonyl (C=O) groups is 1. The van der Waals surface area contributed by atoms with Crippen LogP contribution in [0.15, 0.2) is 30.3 Å². The van der Waals surface area contributed by atoms with Gasteiger partial charge in [-0.3, -0.25) is 0 Å². The second kappa shape index (κ2) is 5.08. The minimum atomic E-state index is -1.33. The summed E-state index contributed by atoms with van der Waals surface area (Å²) in [7, 11) is 0. The molecule has 0 radical (unpaired) electrons. The van der Waals surface area contributed by atoms with Crippen LogP contribution in [0.3, 0.4) is 0 Å². The van der Waals surface area contributed by atoms with Gasteiger partial charge in [0.05, 0.1) is 24.8 Å². The van der Waals surface area contributed by atoms with E-state index < -0.39 is 17.0 Å². The molecule has 5 nitrogen and oxygen atoms in total. The lowest BCUT2D eigenvalue weighted by molar-refractivity contribution is -0.162. The molecule has 0 spiro atoms. The maximum Gasteiger partial charge on any atom is 0.335 e. The van der Waals surface area contributed by atoms with E-state index in [9.17, 15) is 15.2 Å². The maximum atomic E-state index is 10.9. The highest BCUT2D eigenvalue weighted by molar-refractivity contribution is 5.88. The molecule has 1 heterocycles. The Bertz CT molecular complexity index is 594. The van der Waals surface area contributed by atoms with Crippen molar-refractivity contribution in [3.05, 3.63) is 41.5 Å². The molecule has 0 bridgehead atoms. The van der Waals surface area contributed by atoms with Crippen LogP contribution >= 0.6 is 0 Å². The van der Waals surface area contributed by atoms with Crippen LogP contribution in [-0.4, -0.2) is 35.0 Å².